The lowest BCUT2D eigenvalue weighted by molar-refractivity contribution is 0.252. The van der Waals surface area contributed by atoms with Crippen LogP contribution in [0.3, 0.4) is 0 Å². The van der Waals surface area contributed by atoms with Gasteiger partial charge in [0.15, 0.2) is 0 Å². The zero-order valence-electron chi connectivity index (χ0n) is 13.6. The van der Waals surface area contributed by atoms with E-state index in [2.05, 4.69) is 0 Å². The van der Waals surface area contributed by atoms with E-state index in [1.54, 1.807) is 0 Å². The monoisotopic (exact) mass is 334 g/mol. The molecule has 4 unspecified atom stereocenters. The van der Waals surface area contributed by atoms with Crippen LogP contribution in [0.2, 0.25) is 0 Å². The molecule has 4 atom stereocenters. The summed E-state index contributed by atoms with van der Waals surface area (Å²) in [6.45, 7) is 4.46. The zero-order valence-corrected chi connectivity index (χ0v) is 13.6. The molecule has 0 N–H and O–H groups in total. The highest BCUT2D eigenvalue weighted by molar-refractivity contribution is 5.50. The van der Waals surface area contributed by atoms with Crippen molar-refractivity contribution in [1.82, 2.24) is 0 Å². The molecule has 0 saturated carbocycles. The lowest BCUT2D eigenvalue weighted by Gasteiger charge is -2.18. The van der Waals surface area contributed by atoms with Crippen molar-refractivity contribution in [2.24, 2.45) is 0 Å². The van der Waals surface area contributed by atoms with Gasteiger partial charge in [-0.1, -0.05) is 0 Å². The van der Waals surface area contributed by atoms with Crippen molar-refractivity contribution < 1.29 is 28.4 Å². The maximum atomic E-state index is 6.02. The Balaban J connectivity index is 1.41. The first-order chi connectivity index (χ1) is 11.8. The molecule has 1 aromatic rings. The molecule has 4 heterocycles. The molecule has 4 saturated heterocycles. The van der Waals surface area contributed by atoms with Gasteiger partial charge in [-0.15, -0.1) is 0 Å². The molecule has 0 bridgehead atoms. The molecular formula is C18H22O6. The summed E-state index contributed by atoms with van der Waals surface area (Å²) in [5, 5.41) is 0. The third-order valence-corrected chi connectivity index (χ3v) is 4.67. The molecule has 6 nitrogen and oxygen atoms in total. The van der Waals surface area contributed by atoms with E-state index >= 15 is 0 Å². The third-order valence-electron chi connectivity index (χ3n) is 4.67. The minimum absolute atomic E-state index is 0.244. The molecule has 1 aromatic carbocycles. The van der Waals surface area contributed by atoms with Crippen LogP contribution in [-0.4, -0.2) is 64.1 Å². The van der Waals surface area contributed by atoms with Crippen molar-refractivity contribution in [1.29, 1.82) is 0 Å². The second-order valence-corrected chi connectivity index (χ2v) is 6.87. The fourth-order valence-electron chi connectivity index (χ4n) is 2.89. The molecule has 5 rings (SSSR count). The van der Waals surface area contributed by atoms with Crippen molar-refractivity contribution >= 4 is 0 Å². The van der Waals surface area contributed by atoms with Gasteiger partial charge < -0.3 is 28.4 Å². The van der Waals surface area contributed by atoms with E-state index < -0.39 is 0 Å². The lowest BCUT2D eigenvalue weighted by atomic mass is 9.97. The Bertz CT molecular complexity index is 549. The van der Waals surface area contributed by atoms with Crippen molar-refractivity contribution in [2.75, 3.05) is 39.6 Å². The average molecular weight is 334 g/mol. The van der Waals surface area contributed by atoms with Gasteiger partial charge in [-0.2, -0.15) is 0 Å². The molecule has 4 aliphatic rings. The molecule has 4 aliphatic heterocycles. The molecular weight excluding hydrogens is 312 g/mol. The van der Waals surface area contributed by atoms with Gasteiger partial charge in [0.1, 0.15) is 36.9 Å². The van der Waals surface area contributed by atoms with Crippen LogP contribution in [-0.2, 0) is 31.8 Å². The Hall–Kier alpha value is -1.34. The largest absolute Gasteiger partial charge is 0.490 e. The van der Waals surface area contributed by atoms with Crippen molar-refractivity contribution in [3.05, 3.63) is 23.3 Å². The quantitative estimate of drug-likeness (QED) is 0.598. The predicted octanol–water partition coefficient (Wildman–Crippen LogP) is 1.12. The Kier molecular flexibility index (Phi) is 3.86. The molecule has 4 fully saturated rings. The molecule has 6 heteroatoms. The summed E-state index contributed by atoms with van der Waals surface area (Å²) in [5.74, 6) is 1.85. The van der Waals surface area contributed by atoms with Crippen LogP contribution in [0.15, 0.2) is 12.1 Å². The second-order valence-electron chi connectivity index (χ2n) is 6.87. The van der Waals surface area contributed by atoms with E-state index in [1.807, 2.05) is 12.1 Å². The predicted molar refractivity (Wildman–Crippen MR) is 83.8 cm³/mol. The summed E-state index contributed by atoms with van der Waals surface area (Å²) in [4.78, 5) is 0. The van der Waals surface area contributed by atoms with Crippen LogP contribution < -0.4 is 9.47 Å². The summed E-state index contributed by atoms with van der Waals surface area (Å²) in [5.41, 5.74) is 2.39. The van der Waals surface area contributed by atoms with Crippen LogP contribution in [0.1, 0.15) is 11.1 Å². The number of rotatable bonds is 10. The smallest absolute Gasteiger partial charge is 0.123 e. The van der Waals surface area contributed by atoms with Gasteiger partial charge >= 0.3 is 0 Å². The van der Waals surface area contributed by atoms with Gasteiger partial charge in [0, 0.05) is 24.0 Å². The maximum absolute atomic E-state index is 6.02. The number of benzene rings is 1. The molecule has 130 valence electrons. The fraction of sp³-hybridized carbons (Fsp3) is 0.667. The minimum atomic E-state index is 0.244. The fourth-order valence-corrected chi connectivity index (χ4v) is 2.89. The molecule has 24 heavy (non-hydrogen) atoms. The second kappa shape index (κ2) is 6.19. The van der Waals surface area contributed by atoms with E-state index in [0.717, 1.165) is 50.8 Å². The normalized spacial score (nSPS) is 32.3. The summed E-state index contributed by atoms with van der Waals surface area (Å²) < 4.78 is 33.5. The van der Waals surface area contributed by atoms with E-state index in [-0.39, 0.29) is 12.2 Å². The van der Waals surface area contributed by atoms with Crippen molar-refractivity contribution in [3.63, 3.8) is 0 Å². The Morgan fingerprint density at radius 1 is 0.667 bits per heavy atom. The third kappa shape index (κ3) is 3.83. The Morgan fingerprint density at radius 3 is 1.38 bits per heavy atom. The first-order valence-corrected chi connectivity index (χ1v) is 8.72. The molecule has 0 spiro atoms. The van der Waals surface area contributed by atoms with Crippen molar-refractivity contribution in [3.8, 4) is 11.5 Å². The van der Waals surface area contributed by atoms with Gasteiger partial charge in [-0.3, -0.25) is 0 Å². The topological polar surface area (TPSA) is 68.6 Å². The lowest BCUT2D eigenvalue weighted by Crippen LogP contribution is -2.13. The van der Waals surface area contributed by atoms with Gasteiger partial charge in [-0.05, 0) is 12.1 Å². The van der Waals surface area contributed by atoms with E-state index in [1.165, 1.54) is 11.1 Å². The standard InChI is InChI=1S/C18H22O6/c1-2-18(24-10-14-8-22-14)16(4-12-6-20-12)15(3-11-5-19-11)17(1)23-9-13-7-21-13/h1-2,11-14H,3-10H2. The molecule has 0 aliphatic carbocycles. The van der Waals surface area contributed by atoms with Crippen LogP contribution in [0.5, 0.6) is 11.5 Å². The number of ether oxygens (including phenoxy) is 6. The van der Waals surface area contributed by atoms with Crippen LogP contribution in [0, 0.1) is 0 Å². The van der Waals surface area contributed by atoms with Gasteiger partial charge in [0.25, 0.3) is 0 Å². The zero-order chi connectivity index (χ0) is 15.9. The molecule has 0 amide bonds. The summed E-state index contributed by atoms with van der Waals surface area (Å²) in [7, 11) is 0. The van der Waals surface area contributed by atoms with Crippen LogP contribution in [0.4, 0.5) is 0 Å². The van der Waals surface area contributed by atoms with Crippen LogP contribution in [0.25, 0.3) is 0 Å². The van der Waals surface area contributed by atoms with E-state index in [0.29, 0.717) is 25.4 Å². The van der Waals surface area contributed by atoms with E-state index in [4.69, 9.17) is 28.4 Å². The summed E-state index contributed by atoms with van der Waals surface area (Å²) in [6, 6.07) is 4.03. The SMILES string of the molecule is c1cc(OCC2CO2)c(CC2CO2)c(CC2CO2)c1OCC1CO1. The van der Waals surface area contributed by atoms with Gasteiger partial charge in [0.2, 0.25) is 0 Å². The first kappa shape index (κ1) is 15.0. The highest BCUT2D eigenvalue weighted by Crippen LogP contribution is 2.37. The Labute approximate surface area is 140 Å². The maximum Gasteiger partial charge on any atom is 0.123 e. The highest BCUT2D eigenvalue weighted by atomic mass is 16.6. The molecule has 0 radical (unpaired) electrons. The highest BCUT2D eigenvalue weighted by Gasteiger charge is 2.32. The van der Waals surface area contributed by atoms with Gasteiger partial charge in [0.05, 0.1) is 38.6 Å². The molecule has 0 aromatic heterocycles. The summed E-state index contributed by atoms with van der Waals surface area (Å²) >= 11 is 0. The minimum Gasteiger partial charge on any atom is -0.490 e. The Morgan fingerprint density at radius 2 is 1.04 bits per heavy atom. The summed E-state index contributed by atoms with van der Waals surface area (Å²) in [6.07, 6.45) is 2.80. The average Bonchev–Trinajstić information content (AvgIpc) is 3.44. The number of hydrogen-bond donors (Lipinski definition) is 0. The van der Waals surface area contributed by atoms with E-state index in [9.17, 15) is 0 Å². The van der Waals surface area contributed by atoms with Crippen LogP contribution >= 0.6 is 0 Å². The number of epoxide rings is 4. The van der Waals surface area contributed by atoms with Crippen molar-refractivity contribution in [2.45, 2.75) is 37.3 Å². The number of hydrogen-bond acceptors (Lipinski definition) is 6. The first-order valence-electron chi connectivity index (χ1n) is 8.72. The van der Waals surface area contributed by atoms with Gasteiger partial charge in [-0.25, -0.2) is 0 Å².